The van der Waals surface area contributed by atoms with Gasteiger partial charge >= 0.3 is 0 Å². The van der Waals surface area contributed by atoms with E-state index < -0.39 is 4.92 Å². The highest BCUT2D eigenvalue weighted by molar-refractivity contribution is 9.10. The zero-order chi connectivity index (χ0) is 14.0. The Morgan fingerprint density at radius 3 is 2.89 bits per heavy atom. The molecule has 7 nitrogen and oxygen atoms in total. The van der Waals surface area contributed by atoms with Crippen LogP contribution in [0.4, 0.5) is 5.69 Å². The molecule has 0 aromatic carbocycles. The van der Waals surface area contributed by atoms with Gasteiger partial charge in [-0.05, 0) is 29.4 Å². The minimum atomic E-state index is -0.453. The van der Waals surface area contributed by atoms with E-state index in [-0.39, 0.29) is 5.69 Å². The Labute approximate surface area is 117 Å². The first-order valence-corrected chi connectivity index (χ1v) is 6.37. The van der Waals surface area contributed by atoms with Crippen molar-refractivity contribution in [3.05, 3.63) is 44.6 Å². The van der Waals surface area contributed by atoms with Crippen LogP contribution in [0.25, 0.3) is 5.82 Å². The number of hydrogen-bond donors (Lipinski definition) is 1. The summed E-state index contributed by atoms with van der Waals surface area (Å²) < 4.78 is 2.35. The first-order chi connectivity index (χ1) is 9.06. The van der Waals surface area contributed by atoms with Gasteiger partial charge in [0.1, 0.15) is 12.0 Å². The highest BCUT2D eigenvalue weighted by Gasteiger charge is 2.19. The Hall–Kier alpha value is -1.80. The molecule has 0 aliphatic carbocycles. The second-order valence-electron chi connectivity index (χ2n) is 3.92. The van der Waals surface area contributed by atoms with Gasteiger partial charge in [0.25, 0.3) is 5.69 Å². The van der Waals surface area contributed by atoms with Gasteiger partial charge in [-0.15, -0.1) is 0 Å². The molecule has 0 fully saturated rings. The van der Waals surface area contributed by atoms with Crippen molar-refractivity contribution in [1.82, 2.24) is 14.5 Å². The second-order valence-corrected chi connectivity index (χ2v) is 4.71. The molecule has 0 radical (unpaired) electrons. The molecule has 0 atom stereocenters. The van der Waals surface area contributed by atoms with E-state index in [1.807, 2.05) is 0 Å². The third kappa shape index (κ3) is 2.49. The van der Waals surface area contributed by atoms with Gasteiger partial charge in [0, 0.05) is 24.4 Å². The lowest BCUT2D eigenvalue weighted by Gasteiger charge is -2.10. The van der Waals surface area contributed by atoms with Gasteiger partial charge in [0.2, 0.25) is 0 Å². The van der Waals surface area contributed by atoms with Crippen LogP contribution in [0, 0.1) is 17.0 Å². The fourth-order valence-corrected chi connectivity index (χ4v) is 2.25. The van der Waals surface area contributed by atoms with Crippen LogP contribution in [0.2, 0.25) is 0 Å². The minimum Gasteiger partial charge on any atom is -0.330 e. The largest absolute Gasteiger partial charge is 0.330 e. The lowest BCUT2D eigenvalue weighted by molar-refractivity contribution is -0.385. The monoisotopic (exact) mass is 325 g/mol. The summed E-state index contributed by atoms with van der Waals surface area (Å²) in [5.41, 5.74) is 6.04. The average molecular weight is 326 g/mol. The number of nitro groups is 1. The van der Waals surface area contributed by atoms with Crippen molar-refractivity contribution < 1.29 is 4.92 Å². The van der Waals surface area contributed by atoms with Crippen molar-refractivity contribution in [3.63, 3.8) is 0 Å². The molecule has 0 bridgehead atoms. The van der Waals surface area contributed by atoms with Gasteiger partial charge in [0.15, 0.2) is 5.82 Å². The zero-order valence-electron chi connectivity index (χ0n) is 10.2. The maximum absolute atomic E-state index is 10.9. The van der Waals surface area contributed by atoms with Crippen LogP contribution in [0.5, 0.6) is 0 Å². The molecule has 8 heteroatoms. The first-order valence-electron chi connectivity index (χ1n) is 5.58. The Morgan fingerprint density at radius 2 is 2.26 bits per heavy atom. The van der Waals surface area contributed by atoms with Crippen LogP contribution in [-0.2, 0) is 6.42 Å². The molecule has 0 aliphatic heterocycles. The van der Waals surface area contributed by atoms with Crippen molar-refractivity contribution in [3.8, 4) is 5.82 Å². The van der Waals surface area contributed by atoms with Crippen molar-refractivity contribution in [2.75, 3.05) is 6.54 Å². The summed E-state index contributed by atoms with van der Waals surface area (Å²) in [6, 6.07) is 0. The Bertz CT molecular complexity index is 626. The number of halogens is 1. The molecule has 2 aromatic heterocycles. The number of nitrogens with two attached hydrogens (primary N) is 1. The van der Waals surface area contributed by atoms with E-state index in [0.29, 0.717) is 28.8 Å². The van der Waals surface area contributed by atoms with Gasteiger partial charge in [-0.1, -0.05) is 0 Å². The fraction of sp³-hybridized carbons (Fsp3) is 0.273. The first kappa shape index (κ1) is 13.6. The van der Waals surface area contributed by atoms with Gasteiger partial charge in [-0.2, -0.15) is 0 Å². The van der Waals surface area contributed by atoms with Crippen molar-refractivity contribution in [1.29, 1.82) is 0 Å². The highest BCUT2D eigenvalue weighted by Crippen LogP contribution is 2.30. The Morgan fingerprint density at radius 1 is 1.53 bits per heavy atom. The summed E-state index contributed by atoms with van der Waals surface area (Å²) >= 11 is 3.36. The second kappa shape index (κ2) is 5.45. The summed E-state index contributed by atoms with van der Waals surface area (Å²) in [6.45, 7) is 2.15. The van der Waals surface area contributed by atoms with Gasteiger partial charge in [0.05, 0.1) is 9.40 Å². The smallest absolute Gasteiger partial charge is 0.291 e. The molecule has 0 amide bonds. The predicted octanol–water partition coefficient (Wildman–Crippen LogP) is 1.75. The number of hydrogen-bond acceptors (Lipinski definition) is 5. The molecule has 0 aliphatic rings. The third-order valence-corrected chi connectivity index (χ3v) is 3.68. The maximum atomic E-state index is 10.9. The van der Waals surface area contributed by atoms with E-state index >= 15 is 0 Å². The van der Waals surface area contributed by atoms with Crippen molar-refractivity contribution in [2.24, 2.45) is 5.73 Å². The highest BCUT2D eigenvalue weighted by atomic mass is 79.9. The quantitative estimate of drug-likeness (QED) is 0.681. The summed E-state index contributed by atoms with van der Waals surface area (Å²) in [6.07, 6.45) is 5.26. The molecule has 2 aromatic rings. The summed E-state index contributed by atoms with van der Waals surface area (Å²) in [5, 5.41) is 10.9. The van der Waals surface area contributed by atoms with E-state index in [4.69, 9.17) is 5.73 Å². The molecule has 0 saturated heterocycles. The van der Waals surface area contributed by atoms with Crippen LogP contribution in [0.1, 0.15) is 11.4 Å². The van der Waals surface area contributed by atoms with Crippen LogP contribution in [0.3, 0.4) is 0 Å². The fourth-order valence-electron chi connectivity index (χ4n) is 1.75. The molecule has 0 spiro atoms. The zero-order valence-corrected chi connectivity index (χ0v) is 11.8. The third-order valence-electron chi connectivity index (χ3n) is 2.73. The van der Waals surface area contributed by atoms with E-state index in [1.54, 1.807) is 23.9 Å². The van der Waals surface area contributed by atoms with Gasteiger partial charge in [-0.25, -0.2) is 9.97 Å². The lowest BCUT2D eigenvalue weighted by Crippen LogP contribution is -2.10. The summed E-state index contributed by atoms with van der Waals surface area (Å²) in [5.74, 6) is 1.34. The van der Waals surface area contributed by atoms with Gasteiger partial charge in [-0.3, -0.25) is 14.7 Å². The molecular formula is C11H12BrN5O2. The Balaban J connectivity index is 2.54. The van der Waals surface area contributed by atoms with Crippen LogP contribution < -0.4 is 5.73 Å². The molecule has 2 rings (SSSR count). The minimum absolute atomic E-state index is 0.0175. The molecule has 2 N–H and O–H groups in total. The van der Waals surface area contributed by atoms with Crippen molar-refractivity contribution in [2.45, 2.75) is 13.3 Å². The van der Waals surface area contributed by atoms with E-state index in [9.17, 15) is 10.1 Å². The van der Waals surface area contributed by atoms with Crippen LogP contribution in [0.15, 0.2) is 23.1 Å². The number of imidazole rings is 1. The van der Waals surface area contributed by atoms with E-state index in [1.165, 1.54) is 6.20 Å². The normalized spacial score (nSPS) is 10.7. The number of aromatic nitrogens is 3. The lowest BCUT2D eigenvalue weighted by atomic mass is 10.2. The van der Waals surface area contributed by atoms with Crippen molar-refractivity contribution >= 4 is 21.6 Å². The molecule has 19 heavy (non-hydrogen) atoms. The average Bonchev–Trinajstić information content (AvgIpc) is 2.81. The standard InChI is InChI=1S/C11H12BrN5O2/c1-7-8(17(18)19)6-15-11(10(7)12)16-5-4-14-9(16)2-3-13/h4-6H,2-3,13H2,1H3. The summed E-state index contributed by atoms with van der Waals surface area (Å²) in [7, 11) is 0. The number of rotatable bonds is 4. The topological polar surface area (TPSA) is 99.9 Å². The van der Waals surface area contributed by atoms with E-state index in [0.717, 1.165) is 5.82 Å². The summed E-state index contributed by atoms with van der Waals surface area (Å²) in [4.78, 5) is 18.7. The molecule has 0 saturated carbocycles. The molecule has 2 heterocycles. The SMILES string of the molecule is Cc1c([N+](=O)[O-])cnc(-n2ccnc2CCN)c1Br. The Kier molecular flexibility index (Phi) is 3.91. The predicted molar refractivity (Wildman–Crippen MR) is 73.2 cm³/mol. The van der Waals surface area contributed by atoms with Gasteiger partial charge < -0.3 is 5.73 Å². The molecule has 100 valence electrons. The number of nitrogens with zero attached hydrogens (tertiary/aromatic N) is 4. The molecular weight excluding hydrogens is 314 g/mol. The number of pyridine rings is 1. The van der Waals surface area contributed by atoms with Crippen LogP contribution in [-0.4, -0.2) is 26.0 Å². The van der Waals surface area contributed by atoms with E-state index in [2.05, 4.69) is 25.9 Å². The molecule has 0 unspecified atom stereocenters. The van der Waals surface area contributed by atoms with Crippen LogP contribution >= 0.6 is 15.9 Å². The maximum Gasteiger partial charge on any atom is 0.291 e.